The molecule has 0 spiro atoms. The SMILES string of the molecule is CN=C(NCC1CCN(Cc2ccccc2F)CC1)NC1CC1.I. The highest BCUT2D eigenvalue weighted by Gasteiger charge is 2.23. The normalized spacial score (nSPS) is 19.7. The number of nitrogens with zero attached hydrogens (tertiary/aromatic N) is 2. The van der Waals surface area contributed by atoms with E-state index in [0.717, 1.165) is 50.5 Å². The zero-order chi connectivity index (χ0) is 16.1. The Kier molecular flexibility index (Phi) is 7.74. The van der Waals surface area contributed by atoms with Crippen LogP contribution in [-0.2, 0) is 6.54 Å². The smallest absolute Gasteiger partial charge is 0.191 e. The number of aliphatic imine (C=N–C) groups is 1. The Hall–Kier alpha value is -0.890. The zero-order valence-corrected chi connectivity index (χ0v) is 16.6. The Bertz CT molecular complexity index is 540. The molecule has 1 aromatic carbocycles. The lowest BCUT2D eigenvalue weighted by molar-refractivity contribution is 0.176. The van der Waals surface area contributed by atoms with Crippen LogP contribution in [0.15, 0.2) is 29.3 Å². The summed E-state index contributed by atoms with van der Waals surface area (Å²) in [4.78, 5) is 6.63. The highest BCUT2D eigenvalue weighted by molar-refractivity contribution is 14.0. The number of nitrogens with one attached hydrogen (secondary N) is 2. The van der Waals surface area contributed by atoms with Gasteiger partial charge in [0.2, 0.25) is 0 Å². The summed E-state index contributed by atoms with van der Waals surface area (Å²) in [6, 6.07) is 7.72. The van der Waals surface area contributed by atoms with Crippen LogP contribution in [-0.4, -0.2) is 43.6 Å². The summed E-state index contributed by atoms with van der Waals surface area (Å²) < 4.78 is 13.7. The maximum absolute atomic E-state index is 13.7. The van der Waals surface area contributed by atoms with E-state index in [1.807, 2.05) is 19.2 Å². The number of hydrogen-bond donors (Lipinski definition) is 2. The minimum absolute atomic E-state index is 0. The number of halogens is 2. The highest BCUT2D eigenvalue weighted by atomic mass is 127. The first-order valence-electron chi connectivity index (χ1n) is 8.67. The molecule has 0 atom stereocenters. The quantitative estimate of drug-likeness (QED) is 0.415. The van der Waals surface area contributed by atoms with Crippen LogP contribution in [0, 0.1) is 11.7 Å². The molecule has 0 bridgehead atoms. The fraction of sp³-hybridized carbons (Fsp3) is 0.611. The van der Waals surface area contributed by atoms with Crippen molar-refractivity contribution >= 4 is 29.9 Å². The van der Waals surface area contributed by atoms with Crippen LogP contribution in [0.25, 0.3) is 0 Å². The number of rotatable bonds is 5. The van der Waals surface area contributed by atoms with Crippen molar-refractivity contribution in [3.8, 4) is 0 Å². The van der Waals surface area contributed by atoms with Crippen LogP contribution < -0.4 is 10.6 Å². The molecule has 2 fully saturated rings. The molecule has 2 aliphatic rings. The molecule has 0 radical (unpaired) electrons. The third-order valence-electron chi connectivity index (χ3n) is 4.76. The van der Waals surface area contributed by atoms with Gasteiger partial charge in [-0.25, -0.2) is 4.39 Å². The number of hydrogen-bond acceptors (Lipinski definition) is 2. The van der Waals surface area contributed by atoms with Crippen molar-refractivity contribution in [2.45, 2.75) is 38.3 Å². The van der Waals surface area contributed by atoms with Crippen molar-refractivity contribution in [2.75, 3.05) is 26.7 Å². The molecule has 3 rings (SSSR count). The monoisotopic (exact) mass is 446 g/mol. The molecule has 24 heavy (non-hydrogen) atoms. The van der Waals surface area contributed by atoms with Crippen LogP contribution in [0.3, 0.4) is 0 Å². The van der Waals surface area contributed by atoms with Crippen LogP contribution in [0.2, 0.25) is 0 Å². The fourth-order valence-electron chi connectivity index (χ4n) is 3.07. The van der Waals surface area contributed by atoms with Crippen LogP contribution in [0.5, 0.6) is 0 Å². The Morgan fingerprint density at radius 2 is 1.92 bits per heavy atom. The van der Waals surface area contributed by atoms with Gasteiger partial charge in [0, 0.05) is 31.7 Å². The molecule has 1 aliphatic heterocycles. The van der Waals surface area contributed by atoms with E-state index < -0.39 is 0 Å². The minimum Gasteiger partial charge on any atom is -0.356 e. The van der Waals surface area contributed by atoms with E-state index in [-0.39, 0.29) is 29.8 Å². The molecule has 1 saturated carbocycles. The standard InChI is InChI=1S/C18H27FN4.HI/c1-20-18(22-16-6-7-16)21-12-14-8-10-23(11-9-14)13-15-4-2-3-5-17(15)19;/h2-5,14,16H,6-13H2,1H3,(H2,20,21,22);1H. The minimum atomic E-state index is -0.0914. The largest absolute Gasteiger partial charge is 0.356 e. The van der Waals surface area contributed by atoms with Crippen LogP contribution in [0.1, 0.15) is 31.2 Å². The second kappa shape index (κ2) is 9.56. The van der Waals surface area contributed by atoms with Crippen molar-refractivity contribution in [1.29, 1.82) is 0 Å². The van der Waals surface area contributed by atoms with E-state index in [1.165, 1.54) is 12.8 Å². The van der Waals surface area contributed by atoms with E-state index in [2.05, 4.69) is 20.5 Å². The predicted molar refractivity (Wildman–Crippen MR) is 107 cm³/mol. The van der Waals surface area contributed by atoms with Gasteiger partial charge in [-0.3, -0.25) is 9.89 Å². The summed E-state index contributed by atoms with van der Waals surface area (Å²) in [6.07, 6.45) is 4.83. The van der Waals surface area contributed by atoms with Crippen LogP contribution in [0.4, 0.5) is 4.39 Å². The van der Waals surface area contributed by atoms with E-state index in [4.69, 9.17) is 0 Å². The van der Waals surface area contributed by atoms with Gasteiger partial charge in [-0.1, -0.05) is 18.2 Å². The maximum atomic E-state index is 13.7. The molecule has 6 heteroatoms. The average molecular weight is 446 g/mol. The van der Waals surface area contributed by atoms with Gasteiger partial charge in [0.15, 0.2) is 5.96 Å². The second-order valence-electron chi connectivity index (χ2n) is 6.68. The Balaban J connectivity index is 0.00000208. The molecule has 0 unspecified atom stereocenters. The number of benzene rings is 1. The predicted octanol–water partition coefficient (Wildman–Crippen LogP) is 2.98. The summed E-state index contributed by atoms with van der Waals surface area (Å²) >= 11 is 0. The molecule has 4 nitrogen and oxygen atoms in total. The molecule has 1 aromatic rings. The van der Waals surface area contributed by atoms with Crippen molar-refractivity contribution in [2.24, 2.45) is 10.9 Å². The first-order chi connectivity index (χ1) is 11.2. The molecule has 0 amide bonds. The van der Waals surface area contributed by atoms with E-state index in [9.17, 15) is 4.39 Å². The Morgan fingerprint density at radius 1 is 1.21 bits per heavy atom. The summed E-state index contributed by atoms with van der Waals surface area (Å²) in [7, 11) is 1.83. The van der Waals surface area contributed by atoms with Gasteiger partial charge in [-0.15, -0.1) is 24.0 Å². The lowest BCUT2D eigenvalue weighted by atomic mass is 9.96. The zero-order valence-electron chi connectivity index (χ0n) is 14.3. The first kappa shape index (κ1) is 19.4. The van der Waals surface area contributed by atoms with Gasteiger partial charge >= 0.3 is 0 Å². The van der Waals surface area contributed by atoms with Gasteiger partial charge in [0.25, 0.3) is 0 Å². The molecule has 134 valence electrons. The summed E-state index contributed by atoms with van der Waals surface area (Å²) in [5, 5.41) is 6.86. The van der Waals surface area contributed by atoms with Crippen molar-refractivity contribution in [1.82, 2.24) is 15.5 Å². The third kappa shape index (κ3) is 5.88. The molecule has 1 heterocycles. The summed E-state index contributed by atoms with van der Waals surface area (Å²) in [6.45, 7) is 3.77. The van der Waals surface area contributed by atoms with Crippen molar-refractivity contribution < 1.29 is 4.39 Å². The van der Waals surface area contributed by atoms with Crippen molar-refractivity contribution in [3.63, 3.8) is 0 Å². The molecule has 0 aromatic heterocycles. The van der Waals surface area contributed by atoms with Gasteiger partial charge < -0.3 is 10.6 Å². The lowest BCUT2D eigenvalue weighted by Crippen LogP contribution is -2.43. The van der Waals surface area contributed by atoms with E-state index in [0.29, 0.717) is 12.0 Å². The van der Waals surface area contributed by atoms with Gasteiger partial charge in [-0.2, -0.15) is 0 Å². The van der Waals surface area contributed by atoms with E-state index in [1.54, 1.807) is 12.1 Å². The molecule has 1 saturated heterocycles. The lowest BCUT2D eigenvalue weighted by Gasteiger charge is -2.32. The average Bonchev–Trinajstić information content (AvgIpc) is 3.39. The topological polar surface area (TPSA) is 39.7 Å². The highest BCUT2D eigenvalue weighted by Crippen LogP contribution is 2.20. The van der Waals surface area contributed by atoms with Crippen molar-refractivity contribution in [3.05, 3.63) is 35.6 Å². The van der Waals surface area contributed by atoms with Gasteiger partial charge in [0.05, 0.1) is 0 Å². The van der Waals surface area contributed by atoms with Gasteiger partial charge in [-0.05, 0) is 50.8 Å². The number of piperidine rings is 1. The third-order valence-corrected chi connectivity index (χ3v) is 4.76. The Morgan fingerprint density at radius 3 is 2.54 bits per heavy atom. The number of guanidine groups is 1. The summed E-state index contributed by atoms with van der Waals surface area (Å²) in [5.74, 6) is 1.51. The molecule has 1 aliphatic carbocycles. The Labute approximate surface area is 161 Å². The van der Waals surface area contributed by atoms with Gasteiger partial charge in [0.1, 0.15) is 5.82 Å². The summed E-state index contributed by atoms with van der Waals surface area (Å²) in [5.41, 5.74) is 0.804. The maximum Gasteiger partial charge on any atom is 0.191 e. The molecular weight excluding hydrogens is 418 g/mol. The van der Waals surface area contributed by atoms with E-state index >= 15 is 0 Å². The molecular formula is C18H28FIN4. The fourth-order valence-corrected chi connectivity index (χ4v) is 3.07. The van der Waals surface area contributed by atoms with Crippen LogP contribution >= 0.6 is 24.0 Å². The first-order valence-corrected chi connectivity index (χ1v) is 8.67. The molecule has 2 N–H and O–H groups in total. The second-order valence-corrected chi connectivity index (χ2v) is 6.68. The number of likely N-dealkylation sites (tertiary alicyclic amines) is 1.